The van der Waals surface area contributed by atoms with Crippen LogP contribution in [0.1, 0.15) is 11.4 Å². The molecule has 0 atom stereocenters. The standard InChI is InChI=1S/C14H15ClN2O2/c1-9-6-11(18-2)7-10(17-9)8-19-14-12(15)4-3-5-13(14)16/h3-7H,8,16H2,1-2H3. The van der Waals surface area contributed by atoms with E-state index < -0.39 is 0 Å². The number of para-hydroxylation sites is 1. The summed E-state index contributed by atoms with van der Waals surface area (Å²) in [5.41, 5.74) is 7.95. The maximum Gasteiger partial charge on any atom is 0.161 e. The molecule has 2 rings (SSSR count). The van der Waals surface area contributed by atoms with Crippen LogP contribution in [0.25, 0.3) is 0 Å². The number of nitrogens with two attached hydrogens (primary N) is 1. The topological polar surface area (TPSA) is 57.4 Å². The molecule has 0 fully saturated rings. The second kappa shape index (κ2) is 5.80. The second-order valence-corrected chi connectivity index (χ2v) is 4.49. The third kappa shape index (κ3) is 3.29. The number of pyridine rings is 1. The highest BCUT2D eigenvalue weighted by molar-refractivity contribution is 6.32. The van der Waals surface area contributed by atoms with Gasteiger partial charge in [0.2, 0.25) is 0 Å². The number of aromatic nitrogens is 1. The molecule has 0 amide bonds. The number of ether oxygens (including phenoxy) is 2. The fourth-order valence-electron chi connectivity index (χ4n) is 1.72. The minimum atomic E-state index is 0.284. The van der Waals surface area contributed by atoms with E-state index in [0.29, 0.717) is 16.5 Å². The fourth-order valence-corrected chi connectivity index (χ4v) is 1.95. The first-order chi connectivity index (χ1) is 9.10. The van der Waals surface area contributed by atoms with E-state index in [1.807, 2.05) is 19.1 Å². The van der Waals surface area contributed by atoms with Crippen molar-refractivity contribution in [2.45, 2.75) is 13.5 Å². The van der Waals surface area contributed by atoms with Crippen LogP contribution >= 0.6 is 11.6 Å². The molecule has 100 valence electrons. The molecule has 0 saturated carbocycles. The number of nitrogens with zero attached hydrogens (tertiary/aromatic N) is 1. The summed E-state index contributed by atoms with van der Waals surface area (Å²) in [7, 11) is 1.62. The zero-order chi connectivity index (χ0) is 13.8. The minimum absolute atomic E-state index is 0.284. The van der Waals surface area contributed by atoms with Crippen LogP contribution in [0.15, 0.2) is 30.3 Å². The van der Waals surface area contributed by atoms with Crippen LogP contribution in [0.5, 0.6) is 11.5 Å². The number of anilines is 1. The second-order valence-electron chi connectivity index (χ2n) is 4.09. The van der Waals surface area contributed by atoms with Gasteiger partial charge >= 0.3 is 0 Å². The number of aryl methyl sites for hydroxylation is 1. The number of halogens is 1. The smallest absolute Gasteiger partial charge is 0.161 e. The maximum atomic E-state index is 6.04. The van der Waals surface area contributed by atoms with E-state index in [2.05, 4.69) is 4.98 Å². The first-order valence-corrected chi connectivity index (χ1v) is 6.16. The van der Waals surface area contributed by atoms with Crippen molar-refractivity contribution in [3.05, 3.63) is 46.7 Å². The zero-order valence-electron chi connectivity index (χ0n) is 10.8. The Morgan fingerprint density at radius 3 is 2.79 bits per heavy atom. The molecule has 2 N–H and O–H groups in total. The fraction of sp³-hybridized carbons (Fsp3) is 0.214. The van der Waals surface area contributed by atoms with Gasteiger partial charge in [-0.2, -0.15) is 0 Å². The lowest BCUT2D eigenvalue weighted by atomic mass is 10.3. The van der Waals surface area contributed by atoms with E-state index in [1.54, 1.807) is 25.3 Å². The van der Waals surface area contributed by atoms with Crippen molar-refractivity contribution in [2.24, 2.45) is 0 Å². The summed E-state index contributed by atoms with van der Waals surface area (Å²) in [6.45, 7) is 2.18. The van der Waals surface area contributed by atoms with Crippen molar-refractivity contribution in [1.82, 2.24) is 4.98 Å². The van der Waals surface area contributed by atoms with Gasteiger partial charge in [0, 0.05) is 17.8 Å². The van der Waals surface area contributed by atoms with E-state index in [4.69, 9.17) is 26.8 Å². The van der Waals surface area contributed by atoms with Crippen LogP contribution in [0, 0.1) is 6.92 Å². The average molecular weight is 279 g/mol. The number of hydrogen-bond donors (Lipinski definition) is 1. The van der Waals surface area contributed by atoms with Crippen LogP contribution in [-0.4, -0.2) is 12.1 Å². The molecule has 5 heteroatoms. The van der Waals surface area contributed by atoms with Gasteiger partial charge in [0.15, 0.2) is 5.75 Å². The monoisotopic (exact) mass is 278 g/mol. The predicted molar refractivity (Wildman–Crippen MR) is 75.7 cm³/mol. The summed E-state index contributed by atoms with van der Waals surface area (Å²) in [6.07, 6.45) is 0. The van der Waals surface area contributed by atoms with Gasteiger partial charge in [-0.15, -0.1) is 0 Å². The van der Waals surface area contributed by atoms with Crippen molar-refractivity contribution in [3.8, 4) is 11.5 Å². The van der Waals surface area contributed by atoms with Crippen molar-refractivity contribution in [2.75, 3.05) is 12.8 Å². The minimum Gasteiger partial charge on any atom is -0.497 e. The summed E-state index contributed by atoms with van der Waals surface area (Å²) in [5.74, 6) is 1.23. The largest absolute Gasteiger partial charge is 0.497 e. The molecule has 0 saturated heterocycles. The molecule has 1 aromatic carbocycles. The first kappa shape index (κ1) is 13.5. The van der Waals surface area contributed by atoms with Gasteiger partial charge in [-0.05, 0) is 19.1 Å². The molecule has 1 heterocycles. The van der Waals surface area contributed by atoms with Gasteiger partial charge in [0.25, 0.3) is 0 Å². The molecule has 4 nitrogen and oxygen atoms in total. The number of hydrogen-bond acceptors (Lipinski definition) is 4. The lowest BCUT2D eigenvalue weighted by molar-refractivity contribution is 0.301. The van der Waals surface area contributed by atoms with Gasteiger partial charge in [-0.3, -0.25) is 4.98 Å². The van der Waals surface area contributed by atoms with E-state index in [9.17, 15) is 0 Å². The summed E-state index contributed by atoms with van der Waals surface area (Å²) in [6, 6.07) is 8.93. The van der Waals surface area contributed by atoms with Crippen LogP contribution in [0.2, 0.25) is 5.02 Å². The Hall–Kier alpha value is -1.94. The molecule has 0 bridgehead atoms. The molecule has 1 aromatic heterocycles. The number of rotatable bonds is 4. The Labute approximate surface area is 117 Å². The Morgan fingerprint density at radius 2 is 2.11 bits per heavy atom. The van der Waals surface area contributed by atoms with Crippen LogP contribution < -0.4 is 15.2 Å². The normalized spacial score (nSPS) is 10.3. The summed E-state index contributed by atoms with van der Waals surface area (Å²) in [5, 5.41) is 0.486. The number of nitrogen functional groups attached to an aromatic ring is 1. The Kier molecular flexibility index (Phi) is 4.12. The summed E-state index contributed by atoms with van der Waals surface area (Å²) < 4.78 is 10.8. The highest BCUT2D eigenvalue weighted by Crippen LogP contribution is 2.31. The van der Waals surface area contributed by atoms with Gasteiger partial charge in [-0.1, -0.05) is 17.7 Å². The third-order valence-electron chi connectivity index (χ3n) is 2.58. The van der Waals surface area contributed by atoms with Gasteiger partial charge in [0.1, 0.15) is 12.4 Å². The van der Waals surface area contributed by atoms with Crippen molar-refractivity contribution in [3.63, 3.8) is 0 Å². The first-order valence-electron chi connectivity index (χ1n) is 5.78. The van der Waals surface area contributed by atoms with E-state index >= 15 is 0 Å². The third-order valence-corrected chi connectivity index (χ3v) is 2.88. The number of methoxy groups -OCH3 is 1. The van der Waals surface area contributed by atoms with Gasteiger partial charge in [-0.25, -0.2) is 0 Å². The molecule has 0 aliphatic carbocycles. The lowest BCUT2D eigenvalue weighted by Gasteiger charge is -2.11. The molecule has 0 radical (unpaired) electrons. The molecule has 19 heavy (non-hydrogen) atoms. The molecular weight excluding hydrogens is 264 g/mol. The molecule has 0 aliphatic heterocycles. The molecule has 0 aliphatic rings. The van der Waals surface area contributed by atoms with Crippen molar-refractivity contribution < 1.29 is 9.47 Å². The zero-order valence-corrected chi connectivity index (χ0v) is 11.6. The molecule has 0 unspecified atom stereocenters. The number of benzene rings is 1. The van der Waals surface area contributed by atoms with Crippen LogP contribution in [0.3, 0.4) is 0 Å². The highest BCUT2D eigenvalue weighted by Gasteiger charge is 2.07. The van der Waals surface area contributed by atoms with E-state index in [0.717, 1.165) is 17.1 Å². The summed E-state index contributed by atoms with van der Waals surface area (Å²) in [4.78, 5) is 4.37. The molecule has 2 aromatic rings. The van der Waals surface area contributed by atoms with E-state index in [1.165, 1.54) is 0 Å². The van der Waals surface area contributed by atoms with Crippen molar-refractivity contribution >= 4 is 17.3 Å². The van der Waals surface area contributed by atoms with Crippen molar-refractivity contribution in [1.29, 1.82) is 0 Å². The molecule has 0 spiro atoms. The quantitative estimate of drug-likeness (QED) is 0.873. The van der Waals surface area contributed by atoms with Crippen LogP contribution in [-0.2, 0) is 6.61 Å². The Morgan fingerprint density at radius 1 is 1.32 bits per heavy atom. The lowest BCUT2D eigenvalue weighted by Crippen LogP contribution is -2.02. The Bertz CT molecular complexity index is 567. The highest BCUT2D eigenvalue weighted by atomic mass is 35.5. The maximum absolute atomic E-state index is 6.04. The molecular formula is C14H15ClN2O2. The van der Waals surface area contributed by atoms with Gasteiger partial charge in [0.05, 0.1) is 23.5 Å². The SMILES string of the molecule is COc1cc(C)nc(COc2c(N)cccc2Cl)c1. The van der Waals surface area contributed by atoms with Gasteiger partial charge < -0.3 is 15.2 Å². The average Bonchev–Trinajstić information content (AvgIpc) is 2.37. The predicted octanol–water partition coefficient (Wildman–Crippen LogP) is 3.21. The van der Waals surface area contributed by atoms with E-state index in [-0.39, 0.29) is 6.61 Å². The Balaban J connectivity index is 2.16. The summed E-state index contributed by atoms with van der Waals surface area (Å²) >= 11 is 6.04. The van der Waals surface area contributed by atoms with Crippen LogP contribution in [0.4, 0.5) is 5.69 Å².